The number of rotatable bonds is 2. The molecule has 0 N–H and O–H groups in total. The van der Waals surface area contributed by atoms with Crippen molar-refractivity contribution in [3.63, 3.8) is 0 Å². The molecule has 0 radical (unpaired) electrons. The van der Waals surface area contributed by atoms with Gasteiger partial charge in [-0.3, -0.25) is 14.5 Å². The van der Waals surface area contributed by atoms with Crippen LogP contribution < -0.4 is 4.90 Å². The molecule has 4 rings (SSSR count). The number of amides is 1. The van der Waals surface area contributed by atoms with Gasteiger partial charge in [0.2, 0.25) is 5.91 Å². The molecule has 2 aromatic carbocycles. The van der Waals surface area contributed by atoms with Crippen molar-refractivity contribution in [2.75, 3.05) is 4.90 Å². The second-order valence-electron chi connectivity index (χ2n) is 8.38. The molecule has 2 aromatic rings. The van der Waals surface area contributed by atoms with Crippen molar-refractivity contribution >= 4 is 52.2 Å². The first kappa shape index (κ1) is 20.5. The van der Waals surface area contributed by atoms with E-state index in [4.69, 9.17) is 34.8 Å². The number of ketones is 1. The van der Waals surface area contributed by atoms with Crippen LogP contribution in [0.1, 0.15) is 44.6 Å². The molecular weight excluding hydrogens is 429 g/mol. The molecule has 0 saturated heterocycles. The van der Waals surface area contributed by atoms with Crippen LogP contribution in [-0.4, -0.2) is 11.7 Å². The molecule has 6 heteroatoms. The van der Waals surface area contributed by atoms with E-state index in [0.717, 1.165) is 5.70 Å². The normalized spacial score (nSPS) is 21.4. The first-order chi connectivity index (χ1) is 13.7. The van der Waals surface area contributed by atoms with Gasteiger partial charge in [0, 0.05) is 30.0 Å². The Balaban J connectivity index is 1.95. The van der Waals surface area contributed by atoms with Crippen LogP contribution in [-0.2, 0) is 9.59 Å². The minimum atomic E-state index is -0.411. The van der Waals surface area contributed by atoms with E-state index in [9.17, 15) is 9.59 Å². The first-order valence-electron chi connectivity index (χ1n) is 9.47. The number of hydrogen-bond acceptors (Lipinski definition) is 2. The highest BCUT2D eigenvalue weighted by Gasteiger charge is 2.45. The highest BCUT2D eigenvalue weighted by molar-refractivity contribution is 6.42. The number of nitrogens with zero attached hydrogens (tertiary/aromatic N) is 1. The Morgan fingerprint density at radius 2 is 1.62 bits per heavy atom. The van der Waals surface area contributed by atoms with Crippen LogP contribution in [0.4, 0.5) is 5.69 Å². The lowest BCUT2D eigenvalue weighted by Gasteiger charge is -2.43. The number of hydrogen-bond donors (Lipinski definition) is 0. The highest BCUT2D eigenvalue weighted by atomic mass is 35.5. The monoisotopic (exact) mass is 447 g/mol. The van der Waals surface area contributed by atoms with Crippen LogP contribution in [0.2, 0.25) is 15.1 Å². The second-order valence-corrected chi connectivity index (χ2v) is 9.57. The Kier molecular flexibility index (Phi) is 5.27. The van der Waals surface area contributed by atoms with Crippen molar-refractivity contribution in [2.24, 2.45) is 5.41 Å². The minimum absolute atomic E-state index is 0.0434. The highest BCUT2D eigenvalue weighted by Crippen LogP contribution is 2.50. The molecule has 1 aliphatic heterocycles. The number of halogens is 3. The number of Topliss-reactive ketones (excluding diaryl/α,β-unsaturated/α-hetero) is 1. The van der Waals surface area contributed by atoms with Gasteiger partial charge in [-0.1, -0.05) is 72.9 Å². The zero-order valence-corrected chi connectivity index (χ0v) is 18.4. The summed E-state index contributed by atoms with van der Waals surface area (Å²) in [5.41, 5.74) is 2.43. The zero-order valence-electron chi connectivity index (χ0n) is 16.1. The zero-order chi connectivity index (χ0) is 20.9. The van der Waals surface area contributed by atoms with Crippen LogP contribution >= 0.6 is 34.8 Å². The van der Waals surface area contributed by atoms with Crippen molar-refractivity contribution in [1.29, 1.82) is 0 Å². The number of allylic oxidation sites excluding steroid dienone is 2. The number of anilines is 1. The molecule has 1 heterocycles. The summed E-state index contributed by atoms with van der Waals surface area (Å²) in [6.07, 6.45) is 1.15. The molecule has 1 unspecified atom stereocenters. The maximum Gasteiger partial charge on any atom is 0.232 e. The van der Waals surface area contributed by atoms with E-state index in [-0.39, 0.29) is 23.5 Å². The number of para-hydroxylation sites is 1. The van der Waals surface area contributed by atoms with Gasteiger partial charge in [-0.15, -0.1) is 0 Å². The summed E-state index contributed by atoms with van der Waals surface area (Å²) in [5, 5.41) is 1.28. The van der Waals surface area contributed by atoms with Crippen molar-refractivity contribution in [2.45, 2.75) is 39.0 Å². The molecule has 1 atom stereocenters. The van der Waals surface area contributed by atoms with Gasteiger partial charge < -0.3 is 0 Å². The van der Waals surface area contributed by atoms with Crippen molar-refractivity contribution in [1.82, 2.24) is 0 Å². The molecule has 1 aliphatic carbocycles. The summed E-state index contributed by atoms with van der Waals surface area (Å²) >= 11 is 19.1. The Hall–Kier alpha value is -1.81. The third-order valence-electron chi connectivity index (χ3n) is 5.59. The van der Waals surface area contributed by atoms with E-state index in [1.165, 1.54) is 0 Å². The predicted octanol–water partition coefficient (Wildman–Crippen LogP) is 6.81. The van der Waals surface area contributed by atoms with Crippen LogP contribution in [0.15, 0.2) is 53.7 Å². The predicted molar refractivity (Wildman–Crippen MR) is 118 cm³/mol. The van der Waals surface area contributed by atoms with E-state index in [1.54, 1.807) is 23.1 Å². The third kappa shape index (κ3) is 3.61. The molecule has 2 aliphatic rings. The van der Waals surface area contributed by atoms with Gasteiger partial charge in [0.05, 0.1) is 20.8 Å². The van der Waals surface area contributed by atoms with Gasteiger partial charge in [0.15, 0.2) is 5.78 Å². The minimum Gasteiger partial charge on any atom is -0.294 e. The molecule has 0 fully saturated rings. The van der Waals surface area contributed by atoms with Crippen molar-refractivity contribution in [3.8, 4) is 0 Å². The Labute approximate surface area is 185 Å². The Morgan fingerprint density at radius 3 is 2.34 bits per heavy atom. The summed E-state index contributed by atoms with van der Waals surface area (Å²) in [6.45, 7) is 4.08. The quantitative estimate of drug-likeness (QED) is 0.506. The standard InChI is InChI=1S/C23H20Cl3NO2/c1-23(2)11-18-21(19(28)12-23)14(13-6-5-8-16(25)22(13)26)10-20(29)27(18)17-9-4-3-7-15(17)24/h3-9,14H,10-12H2,1-2H3. The summed E-state index contributed by atoms with van der Waals surface area (Å²) < 4.78 is 0. The number of carbonyl (C=O) groups is 2. The molecule has 29 heavy (non-hydrogen) atoms. The smallest absolute Gasteiger partial charge is 0.232 e. The van der Waals surface area contributed by atoms with Gasteiger partial charge in [-0.05, 0) is 35.6 Å². The van der Waals surface area contributed by atoms with E-state index < -0.39 is 5.92 Å². The third-order valence-corrected chi connectivity index (χ3v) is 6.75. The molecule has 150 valence electrons. The van der Waals surface area contributed by atoms with Gasteiger partial charge >= 0.3 is 0 Å². The molecule has 0 spiro atoms. The van der Waals surface area contributed by atoms with Gasteiger partial charge in [0.25, 0.3) is 0 Å². The molecule has 0 bridgehead atoms. The maximum absolute atomic E-state index is 13.3. The average molecular weight is 449 g/mol. The first-order valence-corrected chi connectivity index (χ1v) is 10.6. The van der Waals surface area contributed by atoms with Crippen molar-refractivity contribution in [3.05, 3.63) is 74.4 Å². The van der Waals surface area contributed by atoms with Crippen LogP contribution in [0, 0.1) is 5.41 Å². The van der Waals surface area contributed by atoms with Gasteiger partial charge in [-0.2, -0.15) is 0 Å². The maximum atomic E-state index is 13.3. The summed E-state index contributed by atoms with van der Waals surface area (Å²) in [6, 6.07) is 12.6. The summed E-state index contributed by atoms with van der Waals surface area (Å²) in [5.74, 6) is -0.476. The lowest BCUT2D eigenvalue weighted by atomic mass is 9.69. The van der Waals surface area contributed by atoms with Gasteiger partial charge in [-0.25, -0.2) is 0 Å². The average Bonchev–Trinajstić information content (AvgIpc) is 2.63. The molecule has 0 aromatic heterocycles. The summed E-state index contributed by atoms with van der Waals surface area (Å²) in [7, 11) is 0. The van der Waals surface area contributed by atoms with Crippen LogP contribution in [0.25, 0.3) is 0 Å². The van der Waals surface area contributed by atoms with E-state index in [1.807, 2.05) is 38.1 Å². The van der Waals surface area contributed by atoms with E-state index in [0.29, 0.717) is 44.7 Å². The fraction of sp³-hybridized carbons (Fsp3) is 0.304. The lowest BCUT2D eigenvalue weighted by molar-refractivity contribution is -0.121. The van der Waals surface area contributed by atoms with Crippen molar-refractivity contribution < 1.29 is 9.59 Å². The fourth-order valence-electron chi connectivity index (χ4n) is 4.38. The number of benzene rings is 2. The molecule has 1 amide bonds. The fourth-order valence-corrected chi connectivity index (χ4v) is 5.04. The Morgan fingerprint density at radius 1 is 0.931 bits per heavy atom. The Bertz CT molecular complexity index is 1060. The molecule has 0 saturated carbocycles. The van der Waals surface area contributed by atoms with Crippen LogP contribution in [0.5, 0.6) is 0 Å². The van der Waals surface area contributed by atoms with E-state index in [2.05, 4.69) is 0 Å². The largest absolute Gasteiger partial charge is 0.294 e. The second kappa shape index (κ2) is 7.46. The SMILES string of the molecule is CC1(C)CC(=O)C2=C(C1)N(c1ccccc1Cl)C(=O)CC2c1cccc(Cl)c1Cl. The lowest BCUT2D eigenvalue weighted by Crippen LogP contribution is -2.43. The number of carbonyl (C=O) groups excluding carboxylic acids is 2. The molecular formula is C23H20Cl3NO2. The van der Waals surface area contributed by atoms with Gasteiger partial charge in [0.1, 0.15) is 0 Å². The van der Waals surface area contributed by atoms with Crippen LogP contribution in [0.3, 0.4) is 0 Å². The summed E-state index contributed by atoms with van der Waals surface area (Å²) in [4.78, 5) is 28.3. The topological polar surface area (TPSA) is 37.4 Å². The molecule has 3 nitrogen and oxygen atoms in total. The van der Waals surface area contributed by atoms with E-state index >= 15 is 0 Å².